The topological polar surface area (TPSA) is 41.9 Å². The molecule has 0 radical (unpaired) electrons. The summed E-state index contributed by atoms with van der Waals surface area (Å²) >= 11 is 0. The first-order valence-electron chi connectivity index (χ1n) is 10.9. The number of aryl methyl sites for hydroxylation is 1. The van der Waals surface area contributed by atoms with Crippen LogP contribution in [0.4, 0.5) is 5.69 Å². The van der Waals surface area contributed by atoms with Gasteiger partial charge in [-0.25, -0.2) is 0 Å². The molecule has 1 fully saturated rings. The SMILES string of the molecule is COc1cc2c(cc1C)C[C@@H]1N(C(=O)c3ccc4c(c3)CC=N4)CC[C@]2(C)C1(C)C. The van der Waals surface area contributed by atoms with Gasteiger partial charge >= 0.3 is 0 Å². The van der Waals surface area contributed by atoms with Gasteiger partial charge in [-0.15, -0.1) is 0 Å². The fraction of sp³-hybridized carbons (Fsp3) is 0.462. The van der Waals surface area contributed by atoms with E-state index in [1.807, 2.05) is 24.4 Å². The molecule has 0 aromatic heterocycles. The van der Waals surface area contributed by atoms with Crippen LogP contribution in [0.25, 0.3) is 0 Å². The highest BCUT2D eigenvalue weighted by atomic mass is 16.5. The lowest BCUT2D eigenvalue weighted by molar-refractivity contribution is -0.0263. The van der Waals surface area contributed by atoms with Crippen LogP contribution < -0.4 is 4.74 Å². The molecule has 2 heterocycles. The molecule has 2 aromatic carbocycles. The normalized spacial score (nSPS) is 25.6. The number of methoxy groups -OCH3 is 1. The van der Waals surface area contributed by atoms with E-state index in [2.05, 4.69) is 49.7 Å². The summed E-state index contributed by atoms with van der Waals surface area (Å²) in [6, 6.07) is 10.7. The number of likely N-dealkylation sites (tertiary alicyclic amines) is 1. The molecule has 4 heteroatoms. The highest BCUT2D eigenvalue weighted by molar-refractivity contribution is 5.96. The molecule has 2 aliphatic heterocycles. The zero-order valence-electron chi connectivity index (χ0n) is 18.6. The molecule has 30 heavy (non-hydrogen) atoms. The minimum absolute atomic E-state index is 0.00872. The minimum atomic E-state index is -0.0337. The molecule has 0 N–H and O–H groups in total. The number of hydrogen-bond donors (Lipinski definition) is 0. The van der Waals surface area contributed by atoms with Crippen LogP contribution in [0.1, 0.15) is 59.8 Å². The maximum atomic E-state index is 13.6. The summed E-state index contributed by atoms with van der Waals surface area (Å²) in [7, 11) is 1.75. The number of benzene rings is 2. The van der Waals surface area contributed by atoms with Crippen LogP contribution in [0, 0.1) is 12.3 Å². The van der Waals surface area contributed by atoms with Gasteiger partial charge in [0, 0.05) is 36.2 Å². The standard InChI is InChI=1S/C26H30N2O2/c1-16-12-19-14-23-25(2,3)26(4,20(19)15-22(16)30-5)9-11-28(23)24(29)18-6-7-21-17(13-18)8-10-27-21/h6-7,10,12-13,15,23H,8-9,11,14H2,1-5H3/t23-,26-/m0/s1. The van der Waals surface area contributed by atoms with Crippen LogP contribution in [-0.2, 0) is 18.3 Å². The van der Waals surface area contributed by atoms with E-state index in [1.54, 1.807) is 7.11 Å². The van der Waals surface area contributed by atoms with E-state index in [-0.39, 0.29) is 22.8 Å². The van der Waals surface area contributed by atoms with Crippen molar-refractivity contribution in [1.82, 2.24) is 4.90 Å². The maximum absolute atomic E-state index is 13.6. The molecule has 0 spiro atoms. The van der Waals surface area contributed by atoms with Gasteiger partial charge < -0.3 is 9.64 Å². The number of amides is 1. The Bertz CT molecular complexity index is 1080. The lowest BCUT2D eigenvalue weighted by Crippen LogP contribution is -2.64. The van der Waals surface area contributed by atoms with Gasteiger partial charge in [-0.3, -0.25) is 9.79 Å². The summed E-state index contributed by atoms with van der Waals surface area (Å²) in [6.07, 6.45) is 4.58. The second-order valence-electron chi connectivity index (χ2n) is 9.86. The van der Waals surface area contributed by atoms with E-state index < -0.39 is 0 Å². The smallest absolute Gasteiger partial charge is 0.254 e. The molecule has 1 aliphatic carbocycles. The summed E-state index contributed by atoms with van der Waals surface area (Å²) in [5.41, 5.74) is 6.83. The number of carbonyl (C=O) groups is 1. The second-order valence-corrected chi connectivity index (χ2v) is 9.86. The van der Waals surface area contributed by atoms with E-state index >= 15 is 0 Å². The molecule has 1 amide bonds. The molecule has 0 unspecified atom stereocenters. The second kappa shape index (κ2) is 6.44. The third-order valence-corrected chi connectivity index (χ3v) is 8.24. The highest BCUT2D eigenvalue weighted by Gasteiger charge is 2.57. The average molecular weight is 403 g/mol. The Hall–Kier alpha value is -2.62. The first kappa shape index (κ1) is 19.3. The number of nitrogens with zero attached hydrogens (tertiary/aromatic N) is 2. The lowest BCUT2D eigenvalue weighted by atomic mass is 9.51. The molecule has 1 saturated heterocycles. The number of piperidine rings is 1. The zero-order valence-corrected chi connectivity index (χ0v) is 18.6. The van der Waals surface area contributed by atoms with Crippen molar-refractivity contribution in [1.29, 1.82) is 0 Å². The van der Waals surface area contributed by atoms with Crippen molar-refractivity contribution in [2.24, 2.45) is 10.4 Å². The number of fused-ring (bicyclic) bond motifs is 5. The van der Waals surface area contributed by atoms with Gasteiger partial charge in [0.1, 0.15) is 5.75 Å². The average Bonchev–Trinajstić information content (AvgIpc) is 3.18. The van der Waals surface area contributed by atoms with Crippen molar-refractivity contribution < 1.29 is 9.53 Å². The quantitative estimate of drug-likeness (QED) is 0.708. The molecule has 2 aromatic rings. The summed E-state index contributed by atoms with van der Waals surface area (Å²) in [6.45, 7) is 9.94. The van der Waals surface area contributed by atoms with E-state index in [9.17, 15) is 4.79 Å². The van der Waals surface area contributed by atoms with Gasteiger partial charge in [-0.2, -0.15) is 0 Å². The monoisotopic (exact) mass is 402 g/mol. The van der Waals surface area contributed by atoms with Crippen LogP contribution in [0.5, 0.6) is 5.75 Å². The van der Waals surface area contributed by atoms with Crippen molar-refractivity contribution in [3.63, 3.8) is 0 Å². The Morgan fingerprint density at radius 2 is 1.97 bits per heavy atom. The fourth-order valence-electron chi connectivity index (χ4n) is 5.94. The van der Waals surface area contributed by atoms with Gasteiger partial charge in [-0.1, -0.05) is 26.8 Å². The molecule has 3 aliphatic rings. The number of aliphatic imine (C=N–C) groups is 1. The largest absolute Gasteiger partial charge is 0.496 e. The Balaban J connectivity index is 1.55. The number of rotatable bonds is 2. The molecule has 5 rings (SSSR count). The van der Waals surface area contributed by atoms with Gasteiger partial charge in [0.25, 0.3) is 5.91 Å². The van der Waals surface area contributed by atoms with Crippen LogP contribution in [0.3, 0.4) is 0 Å². The van der Waals surface area contributed by atoms with E-state index in [0.717, 1.165) is 53.9 Å². The lowest BCUT2D eigenvalue weighted by Gasteiger charge is -2.61. The van der Waals surface area contributed by atoms with Crippen molar-refractivity contribution in [3.8, 4) is 5.75 Å². The third-order valence-electron chi connectivity index (χ3n) is 8.24. The van der Waals surface area contributed by atoms with Crippen molar-refractivity contribution in [2.45, 2.75) is 58.4 Å². The number of hydrogen-bond acceptors (Lipinski definition) is 3. The van der Waals surface area contributed by atoms with E-state index in [0.29, 0.717) is 0 Å². The fourth-order valence-corrected chi connectivity index (χ4v) is 5.94. The maximum Gasteiger partial charge on any atom is 0.254 e. The molecule has 156 valence electrons. The molecule has 4 nitrogen and oxygen atoms in total. The van der Waals surface area contributed by atoms with Crippen LogP contribution in [-0.4, -0.2) is 36.7 Å². The minimum Gasteiger partial charge on any atom is -0.496 e. The molecular weight excluding hydrogens is 372 g/mol. The first-order chi connectivity index (χ1) is 14.3. The summed E-state index contributed by atoms with van der Waals surface area (Å²) < 4.78 is 5.64. The van der Waals surface area contributed by atoms with Crippen molar-refractivity contribution in [3.05, 3.63) is 58.1 Å². The van der Waals surface area contributed by atoms with Gasteiger partial charge in [0.15, 0.2) is 0 Å². The summed E-state index contributed by atoms with van der Waals surface area (Å²) in [5.74, 6) is 1.11. The van der Waals surface area contributed by atoms with Gasteiger partial charge in [-0.05, 0) is 71.7 Å². The molecule has 0 saturated carbocycles. The van der Waals surface area contributed by atoms with Crippen molar-refractivity contribution in [2.75, 3.05) is 13.7 Å². The Labute approximate surface area is 179 Å². The summed E-state index contributed by atoms with van der Waals surface area (Å²) in [5, 5.41) is 0. The zero-order chi connectivity index (χ0) is 21.3. The highest BCUT2D eigenvalue weighted by Crippen LogP contribution is 2.57. The van der Waals surface area contributed by atoms with Crippen molar-refractivity contribution >= 4 is 17.8 Å². The number of ether oxygens (including phenoxy) is 1. The number of carbonyl (C=O) groups excluding carboxylic acids is 1. The first-order valence-corrected chi connectivity index (χ1v) is 10.9. The van der Waals surface area contributed by atoms with Crippen LogP contribution >= 0.6 is 0 Å². The van der Waals surface area contributed by atoms with Gasteiger partial charge in [0.2, 0.25) is 0 Å². The van der Waals surface area contributed by atoms with E-state index in [1.165, 1.54) is 11.1 Å². The molecular formula is C26H30N2O2. The Morgan fingerprint density at radius 1 is 1.17 bits per heavy atom. The molecule has 2 bridgehead atoms. The predicted octanol–water partition coefficient (Wildman–Crippen LogP) is 5.02. The van der Waals surface area contributed by atoms with Crippen LogP contribution in [0.15, 0.2) is 35.3 Å². The van der Waals surface area contributed by atoms with E-state index in [4.69, 9.17) is 4.74 Å². The molecule has 2 atom stereocenters. The Morgan fingerprint density at radius 3 is 2.73 bits per heavy atom. The third kappa shape index (κ3) is 2.52. The Kier molecular flexibility index (Phi) is 4.15. The van der Waals surface area contributed by atoms with Gasteiger partial charge in [0.05, 0.1) is 12.8 Å². The summed E-state index contributed by atoms with van der Waals surface area (Å²) in [4.78, 5) is 20.2. The predicted molar refractivity (Wildman–Crippen MR) is 120 cm³/mol. The van der Waals surface area contributed by atoms with Crippen LogP contribution in [0.2, 0.25) is 0 Å².